The molecule has 1 heterocycles. The van der Waals surface area contributed by atoms with E-state index in [9.17, 15) is 14.3 Å². The third-order valence-electron chi connectivity index (χ3n) is 3.54. The van der Waals surface area contributed by atoms with Crippen LogP contribution < -0.4 is 0 Å². The SMILES string of the molecule is CC1(O)OC(=O)C(C2C=CC=C2F)=C1c1ccc(Cl)cc1. The molecule has 2 atom stereocenters. The maximum Gasteiger partial charge on any atom is 0.338 e. The lowest BCUT2D eigenvalue weighted by atomic mass is 9.88. The van der Waals surface area contributed by atoms with Gasteiger partial charge in [0.15, 0.2) is 0 Å². The van der Waals surface area contributed by atoms with Crippen molar-refractivity contribution in [2.45, 2.75) is 12.7 Å². The molecule has 1 aromatic carbocycles. The number of carbonyl (C=O) groups excluding carboxylic acids is 1. The van der Waals surface area contributed by atoms with E-state index in [2.05, 4.69) is 0 Å². The van der Waals surface area contributed by atoms with Crippen molar-refractivity contribution in [3.63, 3.8) is 0 Å². The van der Waals surface area contributed by atoms with E-state index in [1.807, 2.05) is 0 Å². The highest BCUT2D eigenvalue weighted by atomic mass is 35.5. The van der Waals surface area contributed by atoms with Gasteiger partial charge in [0, 0.05) is 17.5 Å². The molecule has 0 spiro atoms. The van der Waals surface area contributed by atoms with Crippen LogP contribution in [0.4, 0.5) is 4.39 Å². The fraction of sp³-hybridized carbons (Fsp3) is 0.188. The summed E-state index contributed by atoms with van der Waals surface area (Å²) >= 11 is 5.85. The van der Waals surface area contributed by atoms with Crippen molar-refractivity contribution in [2.75, 3.05) is 0 Å². The van der Waals surface area contributed by atoms with E-state index in [-0.39, 0.29) is 11.1 Å². The first-order chi connectivity index (χ1) is 9.90. The van der Waals surface area contributed by atoms with Crippen molar-refractivity contribution in [2.24, 2.45) is 5.92 Å². The lowest BCUT2D eigenvalue weighted by Crippen LogP contribution is -2.26. The second-order valence-electron chi connectivity index (χ2n) is 5.08. The maximum absolute atomic E-state index is 13.9. The monoisotopic (exact) mass is 306 g/mol. The van der Waals surface area contributed by atoms with Gasteiger partial charge in [-0.15, -0.1) is 0 Å². The summed E-state index contributed by atoms with van der Waals surface area (Å²) in [5.41, 5.74) is 0.951. The first-order valence-electron chi connectivity index (χ1n) is 6.40. The molecule has 0 amide bonds. The normalized spacial score (nSPS) is 28.1. The van der Waals surface area contributed by atoms with Crippen molar-refractivity contribution in [3.05, 3.63) is 64.5 Å². The molecule has 5 heteroatoms. The second-order valence-corrected chi connectivity index (χ2v) is 5.52. The number of benzene rings is 1. The Morgan fingerprint density at radius 1 is 1.33 bits per heavy atom. The maximum atomic E-state index is 13.9. The molecule has 0 radical (unpaired) electrons. The molecule has 2 aliphatic rings. The molecular weight excluding hydrogens is 295 g/mol. The predicted octanol–water partition coefficient (Wildman–Crippen LogP) is 3.40. The van der Waals surface area contributed by atoms with Crippen LogP contribution in [-0.4, -0.2) is 16.9 Å². The highest BCUT2D eigenvalue weighted by molar-refractivity contribution is 6.30. The molecule has 2 unspecified atom stereocenters. The molecule has 21 heavy (non-hydrogen) atoms. The van der Waals surface area contributed by atoms with Gasteiger partial charge in [0.2, 0.25) is 5.79 Å². The fourth-order valence-electron chi connectivity index (χ4n) is 2.65. The number of hydrogen-bond acceptors (Lipinski definition) is 3. The minimum atomic E-state index is -1.79. The predicted molar refractivity (Wildman–Crippen MR) is 76.9 cm³/mol. The number of cyclic esters (lactones) is 1. The molecule has 1 aromatic rings. The van der Waals surface area contributed by atoms with Gasteiger partial charge >= 0.3 is 5.97 Å². The Labute approximate surface area is 126 Å². The molecular formula is C16H12ClFO3. The van der Waals surface area contributed by atoms with E-state index >= 15 is 0 Å². The summed E-state index contributed by atoms with van der Waals surface area (Å²) in [5, 5.41) is 10.9. The summed E-state index contributed by atoms with van der Waals surface area (Å²) in [7, 11) is 0. The summed E-state index contributed by atoms with van der Waals surface area (Å²) in [6.45, 7) is 1.36. The highest BCUT2D eigenvalue weighted by Gasteiger charge is 2.46. The summed E-state index contributed by atoms with van der Waals surface area (Å²) in [5.74, 6) is -3.79. The van der Waals surface area contributed by atoms with Gasteiger partial charge in [-0.3, -0.25) is 0 Å². The standard InChI is InChI=1S/C16H12ClFO3/c1-16(20)14(9-5-7-10(17)8-6-9)13(15(19)21-16)11-3-2-4-12(11)18/h2-8,11,20H,1H3. The van der Waals surface area contributed by atoms with Gasteiger partial charge in [-0.1, -0.05) is 35.9 Å². The van der Waals surface area contributed by atoms with Crippen LogP contribution in [0.1, 0.15) is 12.5 Å². The van der Waals surface area contributed by atoms with Crippen LogP contribution in [0.3, 0.4) is 0 Å². The average molecular weight is 307 g/mol. The minimum absolute atomic E-state index is 0.116. The largest absolute Gasteiger partial charge is 0.426 e. The summed E-state index contributed by atoms with van der Waals surface area (Å²) in [6.07, 6.45) is 4.38. The van der Waals surface area contributed by atoms with E-state index in [1.165, 1.54) is 19.1 Å². The zero-order valence-electron chi connectivity index (χ0n) is 11.1. The van der Waals surface area contributed by atoms with Crippen LogP contribution in [0.25, 0.3) is 5.57 Å². The molecule has 0 bridgehead atoms. The minimum Gasteiger partial charge on any atom is -0.426 e. The molecule has 3 rings (SSSR count). The van der Waals surface area contributed by atoms with Crippen molar-refractivity contribution in [1.29, 1.82) is 0 Å². The first-order valence-corrected chi connectivity index (χ1v) is 6.78. The third kappa shape index (κ3) is 2.30. The highest BCUT2D eigenvalue weighted by Crippen LogP contribution is 2.44. The molecule has 108 valence electrons. The molecule has 1 aliphatic carbocycles. The number of allylic oxidation sites excluding steroid dienone is 4. The van der Waals surface area contributed by atoms with Crippen LogP contribution in [0.5, 0.6) is 0 Å². The molecule has 0 fully saturated rings. The fourth-order valence-corrected chi connectivity index (χ4v) is 2.78. The van der Waals surface area contributed by atoms with Gasteiger partial charge in [0.1, 0.15) is 5.83 Å². The van der Waals surface area contributed by atoms with E-state index in [0.717, 1.165) is 0 Å². The summed E-state index contributed by atoms with van der Waals surface area (Å²) in [6, 6.07) is 6.59. The Morgan fingerprint density at radius 3 is 2.57 bits per heavy atom. The van der Waals surface area contributed by atoms with Gasteiger partial charge in [0.05, 0.1) is 11.5 Å². The average Bonchev–Trinajstić information content (AvgIpc) is 2.91. The van der Waals surface area contributed by atoms with Crippen LogP contribution in [0.15, 0.2) is 53.9 Å². The summed E-state index contributed by atoms with van der Waals surface area (Å²) < 4.78 is 18.9. The molecule has 1 aliphatic heterocycles. The van der Waals surface area contributed by atoms with Crippen LogP contribution in [0.2, 0.25) is 5.02 Å². The first kappa shape index (κ1) is 14.0. The lowest BCUT2D eigenvalue weighted by molar-refractivity contribution is -0.170. The zero-order valence-corrected chi connectivity index (χ0v) is 11.9. The van der Waals surface area contributed by atoms with E-state index in [4.69, 9.17) is 16.3 Å². The van der Waals surface area contributed by atoms with Crippen molar-refractivity contribution < 1.29 is 19.0 Å². The third-order valence-corrected chi connectivity index (χ3v) is 3.80. The molecule has 0 aromatic heterocycles. The summed E-state index contributed by atoms with van der Waals surface area (Å²) in [4.78, 5) is 12.1. The molecule has 0 saturated carbocycles. The van der Waals surface area contributed by atoms with E-state index < -0.39 is 23.5 Å². The molecule has 1 N–H and O–H groups in total. The molecule has 0 saturated heterocycles. The number of esters is 1. The van der Waals surface area contributed by atoms with Gasteiger partial charge in [-0.25, -0.2) is 9.18 Å². The number of hydrogen-bond donors (Lipinski definition) is 1. The Bertz CT molecular complexity index is 699. The molecule has 3 nitrogen and oxygen atoms in total. The van der Waals surface area contributed by atoms with Crippen LogP contribution >= 0.6 is 11.6 Å². The quantitative estimate of drug-likeness (QED) is 0.852. The van der Waals surface area contributed by atoms with Gasteiger partial charge in [0.25, 0.3) is 0 Å². The zero-order chi connectivity index (χ0) is 15.2. The van der Waals surface area contributed by atoms with Crippen molar-refractivity contribution in [1.82, 2.24) is 0 Å². The number of aliphatic hydroxyl groups is 1. The van der Waals surface area contributed by atoms with E-state index in [0.29, 0.717) is 10.6 Å². The smallest absolute Gasteiger partial charge is 0.338 e. The van der Waals surface area contributed by atoms with Gasteiger partial charge < -0.3 is 9.84 Å². The number of halogens is 2. The van der Waals surface area contributed by atoms with Gasteiger partial charge in [-0.2, -0.15) is 0 Å². The number of rotatable bonds is 2. The topological polar surface area (TPSA) is 46.5 Å². The Balaban J connectivity index is 2.20. The van der Waals surface area contributed by atoms with Crippen LogP contribution in [-0.2, 0) is 9.53 Å². The second kappa shape index (κ2) is 4.83. The van der Waals surface area contributed by atoms with E-state index in [1.54, 1.807) is 30.3 Å². The number of ether oxygens (including phenoxy) is 1. The Morgan fingerprint density at radius 2 is 2.00 bits per heavy atom. The van der Waals surface area contributed by atoms with Crippen LogP contribution in [0, 0.1) is 5.92 Å². The van der Waals surface area contributed by atoms with Gasteiger partial charge in [-0.05, 0) is 23.8 Å². The number of carbonyl (C=O) groups is 1. The Hall–Kier alpha value is -1.91. The van der Waals surface area contributed by atoms with Crippen molar-refractivity contribution in [3.8, 4) is 0 Å². The Kier molecular flexibility index (Phi) is 3.23. The van der Waals surface area contributed by atoms with Crippen molar-refractivity contribution >= 4 is 23.1 Å². The lowest BCUT2D eigenvalue weighted by Gasteiger charge is -2.20.